The molecule has 7 nitrogen and oxygen atoms in total. The van der Waals surface area contributed by atoms with Gasteiger partial charge >= 0.3 is 0 Å². The normalized spacial score (nSPS) is 17.8. The number of sulfonamides is 1. The smallest absolute Gasteiger partial charge is 0.251 e. The van der Waals surface area contributed by atoms with Crippen LogP contribution in [-0.2, 0) is 14.8 Å². The molecule has 0 radical (unpaired) electrons. The summed E-state index contributed by atoms with van der Waals surface area (Å²) in [6, 6.07) is 13.2. The number of benzene rings is 2. The Morgan fingerprint density at radius 2 is 1.65 bits per heavy atom. The van der Waals surface area contributed by atoms with Gasteiger partial charge in [0.1, 0.15) is 0 Å². The van der Waals surface area contributed by atoms with Gasteiger partial charge in [-0.05, 0) is 68.1 Å². The number of carbonyl (C=O) groups excluding carboxylic acids is 2. The van der Waals surface area contributed by atoms with Gasteiger partial charge in [0.15, 0.2) is 0 Å². The fraction of sp³-hybridized carbons (Fsp3) is 0.364. The number of anilines is 1. The number of halogens is 1. The minimum atomic E-state index is -3.61. The van der Waals surface area contributed by atoms with Gasteiger partial charge in [-0.2, -0.15) is 4.31 Å². The van der Waals surface area contributed by atoms with Crippen LogP contribution in [0, 0.1) is 5.92 Å². The van der Waals surface area contributed by atoms with Gasteiger partial charge in [0.25, 0.3) is 5.91 Å². The van der Waals surface area contributed by atoms with Gasteiger partial charge < -0.3 is 10.6 Å². The molecule has 0 atom stereocenters. The molecular formula is C22H24ClN3O4S. The fourth-order valence-electron chi connectivity index (χ4n) is 3.59. The first kappa shape index (κ1) is 21.8. The summed E-state index contributed by atoms with van der Waals surface area (Å²) in [7, 11) is -3.61. The zero-order valence-corrected chi connectivity index (χ0v) is 18.5. The molecule has 0 aromatic heterocycles. The van der Waals surface area contributed by atoms with Crippen LogP contribution in [0.1, 0.15) is 36.0 Å². The van der Waals surface area contributed by atoms with E-state index in [1.165, 1.54) is 16.4 Å². The molecule has 164 valence electrons. The van der Waals surface area contributed by atoms with Crippen LogP contribution in [0.25, 0.3) is 0 Å². The second-order valence-corrected chi connectivity index (χ2v) is 10.3. The number of nitrogens with one attached hydrogen (secondary N) is 2. The van der Waals surface area contributed by atoms with Crippen molar-refractivity contribution in [1.29, 1.82) is 0 Å². The minimum Gasteiger partial charge on any atom is -0.349 e. The fourth-order valence-corrected chi connectivity index (χ4v) is 5.19. The Morgan fingerprint density at radius 1 is 0.968 bits per heavy atom. The number of carbonyl (C=O) groups is 2. The highest BCUT2D eigenvalue weighted by atomic mass is 35.5. The van der Waals surface area contributed by atoms with Crippen molar-refractivity contribution in [3.63, 3.8) is 0 Å². The molecule has 0 spiro atoms. The van der Waals surface area contributed by atoms with E-state index >= 15 is 0 Å². The average Bonchev–Trinajstić information content (AvgIpc) is 3.58. The van der Waals surface area contributed by atoms with Crippen molar-refractivity contribution >= 4 is 39.1 Å². The van der Waals surface area contributed by atoms with Gasteiger partial charge in [-0.1, -0.05) is 17.7 Å². The van der Waals surface area contributed by atoms with Crippen molar-refractivity contribution in [2.75, 3.05) is 18.4 Å². The molecular weight excluding hydrogens is 438 g/mol. The summed E-state index contributed by atoms with van der Waals surface area (Å²) in [6.07, 6.45) is 2.88. The third-order valence-electron chi connectivity index (χ3n) is 5.58. The number of hydrogen-bond acceptors (Lipinski definition) is 4. The molecule has 1 saturated carbocycles. The molecule has 1 saturated heterocycles. The first-order chi connectivity index (χ1) is 14.8. The second kappa shape index (κ2) is 8.98. The number of nitrogens with zero attached hydrogens (tertiary/aromatic N) is 1. The van der Waals surface area contributed by atoms with Gasteiger partial charge in [-0.15, -0.1) is 0 Å². The third-order valence-corrected chi connectivity index (χ3v) is 7.75. The summed E-state index contributed by atoms with van der Waals surface area (Å²) >= 11 is 5.84. The van der Waals surface area contributed by atoms with E-state index in [2.05, 4.69) is 10.6 Å². The first-order valence-electron chi connectivity index (χ1n) is 10.3. The van der Waals surface area contributed by atoms with Crippen LogP contribution in [0.3, 0.4) is 0 Å². The Morgan fingerprint density at radius 3 is 2.29 bits per heavy atom. The predicted molar refractivity (Wildman–Crippen MR) is 118 cm³/mol. The van der Waals surface area contributed by atoms with Crippen molar-refractivity contribution in [2.45, 2.75) is 36.6 Å². The van der Waals surface area contributed by atoms with Gasteiger partial charge in [0.05, 0.1) is 4.90 Å². The van der Waals surface area contributed by atoms with E-state index in [0.29, 0.717) is 29.1 Å². The molecule has 9 heteroatoms. The maximum Gasteiger partial charge on any atom is 0.251 e. The SMILES string of the molecule is O=C(NC1CC1)c1cccc(NC(=O)C2CCN(S(=O)(=O)c3ccc(Cl)cc3)CC2)c1. The van der Waals surface area contributed by atoms with Crippen LogP contribution in [0.4, 0.5) is 5.69 Å². The van der Waals surface area contributed by atoms with E-state index < -0.39 is 10.0 Å². The molecule has 31 heavy (non-hydrogen) atoms. The zero-order valence-electron chi connectivity index (χ0n) is 16.9. The Labute approximate surface area is 186 Å². The lowest BCUT2D eigenvalue weighted by molar-refractivity contribution is -0.120. The summed E-state index contributed by atoms with van der Waals surface area (Å²) in [5.74, 6) is -0.594. The maximum atomic E-state index is 12.8. The van der Waals surface area contributed by atoms with E-state index in [0.717, 1.165) is 12.8 Å². The molecule has 1 heterocycles. The van der Waals surface area contributed by atoms with Gasteiger partial charge in [0.2, 0.25) is 15.9 Å². The van der Waals surface area contributed by atoms with Crippen molar-refractivity contribution in [3.05, 3.63) is 59.1 Å². The summed E-state index contributed by atoms with van der Waals surface area (Å²) in [6.45, 7) is 0.541. The summed E-state index contributed by atoms with van der Waals surface area (Å²) in [5, 5.41) is 6.27. The Balaban J connectivity index is 1.34. The molecule has 4 rings (SSSR count). The zero-order chi connectivity index (χ0) is 22.0. The monoisotopic (exact) mass is 461 g/mol. The summed E-state index contributed by atoms with van der Waals surface area (Å²) in [5.41, 5.74) is 1.07. The Kier molecular flexibility index (Phi) is 6.31. The van der Waals surface area contributed by atoms with Gasteiger partial charge in [-0.25, -0.2) is 8.42 Å². The molecule has 1 aliphatic carbocycles. The standard InChI is InChI=1S/C22H24ClN3O4S/c23-17-4-8-20(9-5-17)31(29,30)26-12-10-15(11-13-26)21(27)25-19-3-1-2-16(14-19)22(28)24-18-6-7-18/h1-5,8-9,14-15,18H,6-7,10-13H2,(H,24,28)(H,25,27). The quantitative estimate of drug-likeness (QED) is 0.690. The highest BCUT2D eigenvalue weighted by molar-refractivity contribution is 7.89. The molecule has 2 fully saturated rings. The lowest BCUT2D eigenvalue weighted by Crippen LogP contribution is -2.41. The van der Waals surface area contributed by atoms with E-state index in [1.807, 2.05) is 0 Å². The van der Waals surface area contributed by atoms with E-state index in [-0.39, 0.29) is 41.8 Å². The van der Waals surface area contributed by atoms with Crippen LogP contribution in [0.5, 0.6) is 0 Å². The predicted octanol–water partition coefficient (Wildman–Crippen LogP) is 3.27. The van der Waals surface area contributed by atoms with Crippen LogP contribution >= 0.6 is 11.6 Å². The van der Waals surface area contributed by atoms with Crippen LogP contribution in [0.2, 0.25) is 5.02 Å². The molecule has 0 unspecified atom stereocenters. The number of amides is 2. The van der Waals surface area contributed by atoms with E-state index in [9.17, 15) is 18.0 Å². The minimum absolute atomic E-state index is 0.140. The second-order valence-electron chi connectivity index (χ2n) is 7.95. The highest BCUT2D eigenvalue weighted by Crippen LogP contribution is 2.26. The van der Waals surface area contributed by atoms with Crippen molar-refractivity contribution in [2.24, 2.45) is 5.92 Å². The lowest BCUT2D eigenvalue weighted by Gasteiger charge is -2.30. The molecule has 2 aromatic rings. The largest absolute Gasteiger partial charge is 0.349 e. The van der Waals surface area contributed by atoms with Crippen LogP contribution < -0.4 is 10.6 Å². The third kappa shape index (κ3) is 5.26. The first-order valence-corrected chi connectivity index (χ1v) is 12.1. The molecule has 2 N–H and O–H groups in total. The molecule has 2 amide bonds. The molecule has 0 bridgehead atoms. The van der Waals surface area contributed by atoms with Crippen molar-refractivity contribution in [1.82, 2.24) is 9.62 Å². The number of rotatable bonds is 6. The van der Waals surface area contributed by atoms with E-state index in [4.69, 9.17) is 11.6 Å². The molecule has 1 aliphatic heterocycles. The van der Waals surface area contributed by atoms with E-state index in [1.54, 1.807) is 36.4 Å². The highest BCUT2D eigenvalue weighted by Gasteiger charge is 2.32. The Bertz CT molecular complexity index is 1080. The van der Waals surface area contributed by atoms with Gasteiger partial charge in [-0.3, -0.25) is 9.59 Å². The van der Waals surface area contributed by atoms with Crippen molar-refractivity contribution in [3.8, 4) is 0 Å². The lowest BCUT2D eigenvalue weighted by atomic mass is 9.97. The summed E-state index contributed by atoms with van der Waals surface area (Å²) < 4.78 is 27.0. The number of hydrogen-bond donors (Lipinski definition) is 2. The van der Waals surface area contributed by atoms with Crippen molar-refractivity contribution < 1.29 is 18.0 Å². The van der Waals surface area contributed by atoms with Crippen LogP contribution in [-0.4, -0.2) is 43.7 Å². The number of piperidine rings is 1. The Hall–Kier alpha value is -2.42. The summed E-state index contributed by atoms with van der Waals surface area (Å²) in [4.78, 5) is 25.1. The van der Waals surface area contributed by atoms with Crippen LogP contribution in [0.15, 0.2) is 53.4 Å². The average molecular weight is 462 g/mol. The maximum absolute atomic E-state index is 12.8. The van der Waals surface area contributed by atoms with Gasteiger partial charge in [0, 0.05) is 41.3 Å². The molecule has 2 aromatic carbocycles. The topological polar surface area (TPSA) is 95.6 Å². The molecule has 2 aliphatic rings.